The number of nitro groups is 1. The molecule has 1 atom stereocenters. The van der Waals surface area contributed by atoms with E-state index in [0.29, 0.717) is 26.2 Å². The molecule has 0 bridgehead atoms. The maximum atomic E-state index is 12.3. The number of nitro benzene ring substituents is 1. The van der Waals surface area contributed by atoms with E-state index in [1.807, 2.05) is 4.90 Å². The minimum absolute atomic E-state index is 0.00399. The lowest BCUT2D eigenvalue weighted by atomic mass is 10.2. The van der Waals surface area contributed by atoms with Gasteiger partial charge >= 0.3 is 6.18 Å². The van der Waals surface area contributed by atoms with E-state index in [4.69, 9.17) is 5.11 Å². The van der Waals surface area contributed by atoms with E-state index in [9.17, 15) is 23.3 Å². The molecule has 9 heteroatoms. The molecule has 2 rings (SSSR count). The number of non-ortho nitro benzene ring substituents is 1. The molecule has 1 unspecified atom stereocenters. The van der Waals surface area contributed by atoms with Gasteiger partial charge in [0.25, 0.3) is 5.69 Å². The van der Waals surface area contributed by atoms with Gasteiger partial charge in [-0.25, -0.2) is 0 Å². The van der Waals surface area contributed by atoms with Crippen LogP contribution in [0.1, 0.15) is 0 Å². The van der Waals surface area contributed by atoms with Gasteiger partial charge in [-0.15, -0.1) is 0 Å². The molecule has 0 aliphatic carbocycles. The molecule has 0 radical (unpaired) electrons. The molecule has 0 aromatic heterocycles. The zero-order valence-electron chi connectivity index (χ0n) is 11.7. The Morgan fingerprint density at radius 1 is 1.18 bits per heavy atom. The highest BCUT2D eigenvalue weighted by Gasteiger charge is 2.39. The Balaban J connectivity index is 1.88. The molecule has 0 saturated carbocycles. The Morgan fingerprint density at radius 3 is 2.18 bits per heavy atom. The molecule has 1 N–H and O–H groups in total. The second-order valence-corrected chi connectivity index (χ2v) is 5.12. The van der Waals surface area contributed by atoms with E-state index in [2.05, 4.69) is 0 Å². The highest BCUT2D eigenvalue weighted by atomic mass is 19.4. The van der Waals surface area contributed by atoms with Crippen molar-refractivity contribution in [1.29, 1.82) is 0 Å². The number of benzene rings is 1. The molecule has 22 heavy (non-hydrogen) atoms. The van der Waals surface area contributed by atoms with Gasteiger partial charge in [0.2, 0.25) is 0 Å². The van der Waals surface area contributed by atoms with Crippen molar-refractivity contribution in [2.45, 2.75) is 12.3 Å². The standard InChI is InChI=1S/C13H16F3N3O3/c14-13(15,16)12(20)9-17-5-7-18(8-6-17)10-1-3-11(4-2-10)19(21)22/h1-4,12,20H,5-9H2. The van der Waals surface area contributed by atoms with Gasteiger partial charge in [0.1, 0.15) is 0 Å². The van der Waals surface area contributed by atoms with Crippen molar-refractivity contribution in [2.75, 3.05) is 37.6 Å². The predicted octanol–water partition coefficient (Wildman–Crippen LogP) is 1.64. The number of alkyl halides is 3. The summed E-state index contributed by atoms with van der Waals surface area (Å²) in [6, 6.07) is 6.04. The number of rotatable bonds is 4. The monoisotopic (exact) mass is 319 g/mol. The summed E-state index contributed by atoms with van der Waals surface area (Å²) in [7, 11) is 0. The second-order valence-electron chi connectivity index (χ2n) is 5.12. The third kappa shape index (κ3) is 4.08. The summed E-state index contributed by atoms with van der Waals surface area (Å²) in [6.45, 7) is 1.36. The lowest BCUT2D eigenvalue weighted by molar-refractivity contribution is -0.384. The van der Waals surface area contributed by atoms with E-state index in [1.165, 1.54) is 12.1 Å². The number of aliphatic hydroxyl groups is 1. The summed E-state index contributed by atoms with van der Waals surface area (Å²) >= 11 is 0. The molecule has 1 aromatic rings. The van der Waals surface area contributed by atoms with Gasteiger partial charge < -0.3 is 10.0 Å². The predicted molar refractivity (Wildman–Crippen MR) is 73.8 cm³/mol. The fourth-order valence-electron chi connectivity index (χ4n) is 2.32. The Bertz CT molecular complexity index is 514. The van der Waals surface area contributed by atoms with Crippen molar-refractivity contribution in [3.8, 4) is 0 Å². The minimum atomic E-state index is -4.60. The van der Waals surface area contributed by atoms with Gasteiger partial charge in [-0.3, -0.25) is 15.0 Å². The number of anilines is 1. The van der Waals surface area contributed by atoms with Crippen LogP contribution in [0.25, 0.3) is 0 Å². The van der Waals surface area contributed by atoms with Crippen molar-refractivity contribution in [3.05, 3.63) is 34.4 Å². The molecule has 122 valence electrons. The minimum Gasteiger partial charge on any atom is -0.382 e. The Morgan fingerprint density at radius 2 is 1.73 bits per heavy atom. The highest BCUT2D eigenvalue weighted by molar-refractivity contribution is 5.51. The number of β-amino-alcohol motifs (C(OH)–C–C–N with tert-alkyl or cyclic N) is 1. The first kappa shape index (κ1) is 16.5. The third-order valence-corrected chi connectivity index (χ3v) is 3.61. The van der Waals surface area contributed by atoms with Crippen molar-refractivity contribution in [1.82, 2.24) is 4.90 Å². The van der Waals surface area contributed by atoms with E-state index >= 15 is 0 Å². The van der Waals surface area contributed by atoms with Crippen LogP contribution in [0.2, 0.25) is 0 Å². The molecule has 0 amide bonds. The summed E-state index contributed by atoms with van der Waals surface area (Å²) < 4.78 is 36.9. The summed E-state index contributed by atoms with van der Waals surface area (Å²) in [5.74, 6) is 0. The second kappa shape index (κ2) is 6.49. The normalized spacial score (nSPS) is 18.3. The first-order valence-corrected chi connectivity index (χ1v) is 6.74. The van der Waals surface area contributed by atoms with Crippen LogP contribution in [-0.2, 0) is 0 Å². The largest absolute Gasteiger partial charge is 0.415 e. The van der Waals surface area contributed by atoms with Crippen LogP contribution >= 0.6 is 0 Å². The molecule has 1 saturated heterocycles. The quantitative estimate of drug-likeness (QED) is 0.675. The van der Waals surface area contributed by atoms with Crippen molar-refractivity contribution >= 4 is 11.4 Å². The van der Waals surface area contributed by atoms with Crippen molar-refractivity contribution in [3.63, 3.8) is 0 Å². The van der Waals surface area contributed by atoms with Gasteiger partial charge in [-0.05, 0) is 12.1 Å². The SMILES string of the molecule is O=[N+]([O-])c1ccc(N2CCN(CC(O)C(F)(F)F)CC2)cc1. The molecule has 1 aliphatic heterocycles. The molecular weight excluding hydrogens is 303 g/mol. The van der Waals surface area contributed by atoms with Crippen LogP contribution < -0.4 is 4.90 Å². The fourth-order valence-corrected chi connectivity index (χ4v) is 2.32. The van der Waals surface area contributed by atoms with Crippen LogP contribution in [0.4, 0.5) is 24.5 Å². The Labute approximate surface area is 124 Å². The van der Waals surface area contributed by atoms with Gasteiger partial charge in [0.15, 0.2) is 6.10 Å². The summed E-state index contributed by atoms with van der Waals surface area (Å²) in [5, 5.41) is 19.6. The van der Waals surface area contributed by atoms with E-state index in [-0.39, 0.29) is 5.69 Å². The van der Waals surface area contributed by atoms with Gasteiger partial charge in [0.05, 0.1) is 4.92 Å². The fraction of sp³-hybridized carbons (Fsp3) is 0.538. The summed E-state index contributed by atoms with van der Waals surface area (Å²) in [6.07, 6.45) is -6.94. The van der Waals surface area contributed by atoms with Crippen LogP contribution in [0.3, 0.4) is 0 Å². The third-order valence-electron chi connectivity index (χ3n) is 3.61. The number of hydrogen-bond donors (Lipinski definition) is 1. The number of piperazine rings is 1. The van der Waals surface area contributed by atoms with Crippen LogP contribution in [-0.4, -0.2) is 59.9 Å². The molecule has 0 spiro atoms. The number of aliphatic hydroxyl groups excluding tert-OH is 1. The molecule has 1 aliphatic rings. The maximum absolute atomic E-state index is 12.3. The van der Waals surface area contributed by atoms with Crippen LogP contribution in [0, 0.1) is 10.1 Å². The molecule has 1 aromatic carbocycles. The van der Waals surface area contributed by atoms with Crippen molar-refractivity contribution in [2.24, 2.45) is 0 Å². The van der Waals surface area contributed by atoms with Gasteiger partial charge in [0, 0.05) is 50.5 Å². The molecule has 6 nitrogen and oxygen atoms in total. The van der Waals surface area contributed by atoms with E-state index in [1.54, 1.807) is 17.0 Å². The molecular formula is C13H16F3N3O3. The van der Waals surface area contributed by atoms with E-state index < -0.39 is 23.7 Å². The summed E-state index contributed by atoms with van der Waals surface area (Å²) in [5.41, 5.74) is 0.789. The number of hydrogen-bond acceptors (Lipinski definition) is 5. The molecule has 1 heterocycles. The van der Waals surface area contributed by atoms with E-state index in [0.717, 1.165) is 5.69 Å². The van der Waals surface area contributed by atoms with Crippen LogP contribution in [0.15, 0.2) is 24.3 Å². The van der Waals surface area contributed by atoms with Gasteiger partial charge in [-0.1, -0.05) is 0 Å². The Hall–Kier alpha value is -1.87. The summed E-state index contributed by atoms with van der Waals surface area (Å²) in [4.78, 5) is 13.6. The average Bonchev–Trinajstić information content (AvgIpc) is 2.47. The van der Waals surface area contributed by atoms with Gasteiger partial charge in [-0.2, -0.15) is 13.2 Å². The zero-order chi connectivity index (χ0) is 16.3. The molecule has 1 fully saturated rings. The number of halogens is 3. The van der Waals surface area contributed by atoms with Crippen LogP contribution in [0.5, 0.6) is 0 Å². The smallest absolute Gasteiger partial charge is 0.382 e. The topological polar surface area (TPSA) is 69.9 Å². The lowest BCUT2D eigenvalue weighted by Gasteiger charge is -2.37. The maximum Gasteiger partial charge on any atom is 0.415 e. The lowest BCUT2D eigenvalue weighted by Crippen LogP contribution is -2.50. The Kier molecular flexibility index (Phi) is 4.87. The zero-order valence-corrected chi connectivity index (χ0v) is 11.7. The average molecular weight is 319 g/mol. The first-order chi connectivity index (χ1) is 10.3. The van der Waals surface area contributed by atoms with Crippen molar-refractivity contribution < 1.29 is 23.2 Å². The first-order valence-electron chi connectivity index (χ1n) is 6.74. The highest BCUT2D eigenvalue weighted by Crippen LogP contribution is 2.23. The number of nitrogens with zero attached hydrogens (tertiary/aromatic N) is 3.